The molecule has 0 radical (unpaired) electrons. The number of nitrogens with zero attached hydrogens (tertiary/aromatic N) is 1. The van der Waals surface area contributed by atoms with E-state index in [1.807, 2.05) is 6.07 Å². The van der Waals surface area contributed by atoms with Crippen molar-refractivity contribution in [1.29, 1.82) is 0 Å². The summed E-state index contributed by atoms with van der Waals surface area (Å²) < 4.78 is 0.881. The van der Waals surface area contributed by atoms with Crippen LogP contribution in [0, 0.1) is 5.41 Å². The third-order valence-electron chi connectivity index (χ3n) is 3.50. The molecule has 0 aliphatic rings. The van der Waals surface area contributed by atoms with Gasteiger partial charge in [0.1, 0.15) is 0 Å². The maximum absolute atomic E-state index is 6.00. The molecule has 0 amide bonds. The van der Waals surface area contributed by atoms with Crippen molar-refractivity contribution in [2.45, 2.75) is 53.1 Å². The van der Waals surface area contributed by atoms with E-state index in [0.29, 0.717) is 11.5 Å². The summed E-state index contributed by atoms with van der Waals surface area (Å²) >= 11 is 7.68. The third-order valence-corrected chi connectivity index (χ3v) is 4.71. The first-order valence-corrected chi connectivity index (χ1v) is 8.70. The van der Waals surface area contributed by atoms with Crippen LogP contribution in [-0.4, -0.2) is 31.1 Å². The van der Waals surface area contributed by atoms with Crippen molar-refractivity contribution < 1.29 is 0 Å². The fraction of sp³-hybridized carbons (Fsp3) is 0.750. The molecule has 0 aliphatic heterocycles. The van der Waals surface area contributed by atoms with Gasteiger partial charge < -0.3 is 10.2 Å². The zero-order chi connectivity index (χ0) is 15.2. The van der Waals surface area contributed by atoms with E-state index in [2.05, 4.69) is 51.0 Å². The molecule has 1 unspecified atom stereocenters. The Morgan fingerprint density at radius 2 is 2.10 bits per heavy atom. The summed E-state index contributed by atoms with van der Waals surface area (Å²) in [6.07, 6.45) is 2.48. The summed E-state index contributed by atoms with van der Waals surface area (Å²) in [7, 11) is 2.21. The lowest BCUT2D eigenvalue weighted by molar-refractivity contribution is 0.166. The van der Waals surface area contributed by atoms with Gasteiger partial charge in [-0.3, -0.25) is 0 Å². The van der Waals surface area contributed by atoms with Crippen molar-refractivity contribution in [2.24, 2.45) is 5.41 Å². The quantitative estimate of drug-likeness (QED) is 0.714. The highest BCUT2D eigenvalue weighted by atomic mass is 35.5. The van der Waals surface area contributed by atoms with E-state index in [9.17, 15) is 0 Å². The standard InChI is InChI=1S/C16H29ClN2S/c1-6-9-16(4,11-18-13(2)3)12-19(5)10-14-7-8-15(17)20-14/h7-8,13,18H,6,9-12H2,1-5H3. The van der Waals surface area contributed by atoms with Crippen LogP contribution in [0.25, 0.3) is 0 Å². The average molecular weight is 317 g/mol. The Hall–Kier alpha value is -0.0900. The molecule has 2 nitrogen and oxygen atoms in total. The zero-order valence-corrected chi connectivity index (χ0v) is 15.1. The molecule has 4 heteroatoms. The molecule has 0 aliphatic carbocycles. The molecule has 116 valence electrons. The first-order chi connectivity index (χ1) is 9.34. The fourth-order valence-corrected chi connectivity index (χ4v) is 3.86. The van der Waals surface area contributed by atoms with Gasteiger partial charge in [-0.15, -0.1) is 11.3 Å². The zero-order valence-electron chi connectivity index (χ0n) is 13.5. The number of hydrogen-bond acceptors (Lipinski definition) is 3. The van der Waals surface area contributed by atoms with Crippen molar-refractivity contribution in [1.82, 2.24) is 10.2 Å². The lowest BCUT2D eigenvalue weighted by Crippen LogP contribution is -2.42. The van der Waals surface area contributed by atoms with Gasteiger partial charge in [0.05, 0.1) is 4.34 Å². The van der Waals surface area contributed by atoms with Gasteiger partial charge in [0.2, 0.25) is 0 Å². The molecule has 0 spiro atoms. The molecule has 0 saturated heterocycles. The Morgan fingerprint density at radius 3 is 2.60 bits per heavy atom. The van der Waals surface area contributed by atoms with Crippen LogP contribution in [0.2, 0.25) is 4.34 Å². The normalized spacial score (nSPS) is 15.0. The highest BCUT2D eigenvalue weighted by Crippen LogP contribution is 2.26. The summed E-state index contributed by atoms with van der Waals surface area (Å²) in [5.74, 6) is 0. The van der Waals surface area contributed by atoms with Crippen LogP contribution in [0.1, 0.15) is 45.4 Å². The van der Waals surface area contributed by atoms with Crippen molar-refractivity contribution in [3.63, 3.8) is 0 Å². The van der Waals surface area contributed by atoms with Gasteiger partial charge in [0.15, 0.2) is 0 Å². The summed E-state index contributed by atoms with van der Waals surface area (Å²) in [5.41, 5.74) is 0.328. The highest BCUT2D eigenvalue weighted by molar-refractivity contribution is 7.16. The van der Waals surface area contributed by atoms with E-state index in [4.69, 9.17) is 11.6 Å². The van der Waals surface area contributed by atoms with Crippen molar-refractivity contribution >= 4 is 22.9 Å². The summed E-state index contributed by atoms with van der Waals surface area (Å²) in [6.45, 7) is 12.3. The summed E-state index contributed by atoms with van der Waals surface area (Å²) in [6, 6.07) is 4.67. The first-order valence-electron chi connectivity index (χ1n) is 7.51. The third kappa shape index (κ3) is 6.57. The SMILES string of the molecule is CCCC(C)(CNC(C)C)CN(C)Cc1ccc(Cl)s1. The van der Waals surface area contributed by atoms with Gasteiger partial charge >= 0.3 is 0 Å². The van der Waals surface area contributed by atoms with Crippen LogP contribution in [0.5, 0.6) is 0 Å². The molecule has 1 aromatic rings. The molecule has 0 fully saturated rings. The molecule has 0 saturated carbocycles. The lowest BCUT2D eigenvalue weighted by Gasteiger charge is -2.34. The van der Waals surface area contributed by atoms with Crippen molar-refractivity contribution in [2.75, 3.05) is 20.1 Å². The molecule has 0 aromatic carbocycles. The highest BCUT2D eigenvalue weighted by Gasteiger charge is 2.25. The monoisotopic (exact) mass is 316 g/mol. The van der Waals surface area contributed by atoms with Crippen LogP contribution in [-0.2, 0) is 6.54 Å². The molecule has 1 atom stereocenters. The molecular weight excluding hydrogens is 288 g/mol. The maximum atomic E-state index is 6.00. The Balaban J connectivity index is 2.54. The lowest BCUT2D eigenvalue weighted by atomic mass is 9.84. The maximum Gasteiger partial charge on any atom is 0.0931 e. The van der Waals surface area contributed by atoms with Gasteiger partial charge in [0, 0.05) is 30.6 Å². The van der Waals surface area contributed by atoms with Gasteiger partial charge in [-0.25, -0.2) is 0 Å². The Bertz CT molecular complexity index is 392. The van der Waals surface area contributed by atoms with Gasteiger partial charge in [-0.2, -0.15) is 0 Å². The Kier molecular flexibility index (Phi) is 7.52. The molecular formula is C16H29ClN2S. The molecule has 1 N–H and O–H groups in total. The van der Waals surface area contributed by atoms with E-state index in [1.165, 1.54) is 17.7 Å². The van der Waals surface area contributed by atoms with Crippen LogP contribution in [0.4, 0.5) is 0 Å². The van der Waals surface area contributed by atoms with E-state index >= 15 is 0 Å². The summed E-state index contributed by atoms with van der Waals surface area (Å²) in [5, 5.41) is 3.60. The number of nitrogens with one attached hydrogen (secondary N) is 1. The van der Waals surface area contributed by atoms with E-state index in [-0.39, 0.29) is 0 Å². The largest absolute Gasteiger partial charge is 0.314 e. The Labute approximate surface area is 133 Å². The Morgan fingerprint density at radius 1 is 1.40 bits per heavy atom. The van der Waals surface area contributed by atoms with E-state index in [1.54, 1.807) is 11.3 Å². The molecule has 1 heterocycles. The second-order valence-corrected chi connectivity index (χ2v) is 8.27. The second-order valence-electron chi connectivity index (χ2n) is 6.47. The molecule has 1 rings (SSSR count). The number of halogens is 1. The van der Waals surface area contributed by atoms with Crippen LogP contribution in [0.3, 0.4) is 0 Å². The smallest absolute Gasteiger partial charge is 0.0931 e. The topological polar surface area (TPSA) is 15.3 Å². The number of thiophene rings is 1. The second kappa shape index (κ2) is 8.38. The van der Waals surface area contributed by atoms with E-state index < -0.39 is 0 Å². The minimum Gasteiger partial charge on any atom is -0.314 e. The molecule has 1 aromatic heterocycles. The van der Waals surface area contributed by atoms with Crippen molar-refractivity contribution in [3.05, 3.63) is 21.3 Å². The minimum atomic E-state index is 0.328. The van der Waals surface area contributed by atoms with E-state index in [0.717, 1.165) is 24.0 Å². The van der Waals surface area contributed by atoms with Gasteiger partial charge in [-0.05, 0) is 31.0 Å². The number of hydrogen-bond donors (Lipinski definition) is 1. The number of rotatable bonds is 9. The minimum absolute atomic E-state index is 0.328. The molecule has 0 bridgehead atoms. The molecule has 20 heavy (non-hydrogen) atoms. The first kappa shape index (κ1) is 18.0. The summed E-state index contributed by atoms with van der Waals surface area (Å²) in [4.78, 5) is 3.76. The predicted molar refractivity (Wildman–Crippen MR) is 91.8 cm³/mol. The van der Waals surface area contributed by atoms with Crippen LogP contribution < -0.4 is 5.32 Å². The van der Waals surface area contributed by atoms with Gasteiger partial charge in [-0.1, -0.05) is 45.7 Å². The average Bonchev–Trinajstić information content (AvgIpc) is 2.72. The predicted octanol–water partition coefficient (Wildman–Crippen LogP) is 4.64. The van der Waals surface area contributed by atoms with Crippen LogP contribution in [0.15, 0.2) is 12.1 Å². The van der Waals surface area contributed by atoms with Gasteiger partial charge in [0.25, 0.3) is 0 Å². The fourth-order valence-electron chi connectivity index (χ4n) is 2.69. The van der Waals surface area contributed by atoms with Crippen molar-refractivity contribution in [3.8, 4) is 0 Å². The van der Waals surface area contributed by atoms with Crippen LogP contribution >= 0.6 is 22.9 Å².